The van der Waals surface area contributed by atoms with Crippen LogP contribution in [0.15, 0.2) is 65.7 Å². The molecule has 2 aromatic rings. The molecule has 0 radical (unpaired) electrons. The number of carbonyl (C=O) groups is 17. The fraction of sp³-hybridized carbons (Fsp3) is 0.605. The third kappa shape index (κ3) is 35.3. The van der Waals surface area contributed by atoms with Gasteiger partial charge >= 0.3 is 5.97 Å². The van der Waals surface area contributed by atoms with Crippen molar-refractivity contribution >= 4 is 106 Å². The van der Waals surface area contributed by atoms with Crippen LogP contribution in [0.5, 0.6) is 0 Å². The number of benzene rings is 2. The number of nitrogens with zero attached hydrogens (tertiary/aromatic N) is 2. The normalized spacial score (nSPS) is 16.2. The molecule has 0 saturated carbocycles. The third-order valence-electron chi connectivity index (χ3n) is 18.9. The smallest absolute Gasteiger partial charge is 0.303 e. The number of hydrogen-bond acceptors (Lipinski definition) is 20. The number of carbonyl (C=O) groups excluding carboxylic acids is 16. The molecule has 15 atom stereocenters. The minimum Gasteiger partial charge on any atom is -0.481 e. The van der Waals surface area contributed by atoms with Crippen molar-refractivity contribution in [1.82, 2.24) is 68.7 Å². The lowest BCUT2D eigenvalue weighted by molar-refractivity contribution is -0.143. The predicted molar refractivity (Wildman–Crippen MR) is 421 cm³/mol. The van der Waals surface area contributed by atoms with Crippen molar-refractivity contribution < 1.29 is 91.7 Å². The van der Waals surface area contributed by atoms with Crippen LogP contribution in [0.3, 0.4) is 0 Å². The number of aliphatic carboxylic acids is 1. The van der Waals surface area contributed by atoms with Gasteiger partial charge in [-0.25, -0.2) is 0 Å². The molecule has 39 heteroatoms. The standard InChI is InChI=1S/C76H120N20O19/c1-11-42(8)61(94-72(112)55-25-19-33-96(55)75(115)60(41(6)7)93-65(105)47(77)36-45-20-14-12-15-21-45)73(113)92-54(37-46-22-16-13-17-23-46)71(111)95-62(44(10)97)74(114)85-43(9)64(104)84-38-58(100)86-50(28-31-59(101)102)67(107)91-53(35-40(4)5)70(110)89-51(27-30-57(79)99)68(108)88-49(24-18-32-83-76(81)82)66(106)90-52(34-39(2)3)69(109)87-48(63(80)103)26-29-56(78)98/h12-17,20-23,39-44,47-55,60-62,97H,11,18-19,24-38,77H2,1-10H3,(H2,78,98)(H2,79,99)(H2,80,103)(H,84,104)(H,85,114)(H,86,100)(H,87,109)(H,88,108)(H,89,110)(H,90,106)(H,91,107)(H,92,113)(H,93,105)(H,94,112)(H,95,111)(H,101,102)(H4,81,82,83)/t42-,43-,44+,47-,48-,49-,50-,51-,52-,53-,54-,55-,60-,61-,62-/m0/s1. The molecule has 3 rings (SSSR count). The van der Waals surface area contributed by atoms with Crippen molar-refractivity contribution in [3.05, 3.63) is 71.8 Å². The Balaban J connectivity index is 1.81. The topological polar surface area (TPSA) is 647 Å². The molecule has 16 amide bonds. The Bertz CT molecular complexity index is 3690. The quantitative estimate of drug-likeness (QED) is 0.0168. The molecule has 1 aliphatic heterocycles. The summed E-state index contributed by atoms with van der Waals surface area (Å²) in [6, 6.07) is -0.883. The van der Waals surface area contributed by atoms with Crippen molar-refractivity contribution in [2.45, 2.75) is 250 Å². The molecule has 638 valence electrons. The Kier molecular flexibility index (Phi) is 41.9. The maximum absolute atomic E-state index is 14.6. The highest BCUT2D eigenvalue weighted by molar-refractivity contribution is 6.00. The molecular weight excluding hydrogens is 1500 g/mol. The van der Waals surface area contributed by atoms with E-state index in [4.69, 9.17) is 34.4 Å². The molecule has 26 N–H and O–H groups in total. The lowest BCUT2D eigenvalue weighted by Crippen LogP contribution is -2.62. The van der Waals surface area contributed by atoms with Crippen molar-refractivity contribution in [2.75, 3.05) is 19.6 Å². The van der Waals surface area contributed by atoms with Gasteiger partial charge < -0.3 is 113 Å². The minimum absolute atomic E-state index is 0.0158. The van der Waals surface area contributed by atoms with E-state index in [-0.39, 0.29) is 82.8 Å². The number of primary amides is 3. The number of aliphatic imine (C=N–C) groups is 1. The number of nitrogens with one attached hydrogen (secondary N) is 12. The lowest BCUT2D eigenvalue weighted by Gasteiger charge is -2.33. The molecule has 1 aliphatic rings. The van der Waals surface area contributed by atoms with Gasteiger partial charge in [-0.15, -0.1) is 0 Å². The summed E-state index contributed by atoms with van der Waals surface area (Å²) in [7, 11) is 0. The molecule has 0 bridgehead atoms. The fourth-order valence-corrected chi connectivity index (χ4v) is 12.3. The molecule has 0 aromatic heterocycles. The van der Waals surface area contributed by atoms with E-state index in [1.807, 2.05) is 30.3 Å². The molecule has 1 saturated heterocycles. The van der Waals surface area contributed by atoms with E-state index >= 15 is 0 Å². The fourth-order valence-electron chi connectivity index (χ4n) is 12.3. The van der Waals surface area contributed by atoms with E-state index in [9.17, 15) is 91.7 Å². The van der Waals surface area contributed by atoms with Crippen LogP contribution < -0.4 is 98.2 Å². The van der Waals surface area contributed by atoms with Crippen LogP contribution in [-0.4, -0.2) is 226 Å². The van der Waals surface area contributed by atoms with Crippen LogP contribution >= 0.6 is 0 Å². The highest BCUT2D eigenvalue weighted by Gasteiger charge is 2.43. The summed E-state index contributed by atoms with van der Waals surface area (Å²) in [5, 5.41) is 50.8. The van der Waals surface area contributed by atoms with Gasteiger partial charge in [0.2, 0.25) is 94.5 Å². The van der Waals surface area contributed by atoms with E-state index in [0.29, 0.717) is 18.4 Å². The zero-order valence-electron chi connectivity index (χ0n) is 67.1. The Morgan fingerprint density at radius 3 is 1.41 bits per heavy atom. The van der Waals surface area contributed by atoms with Gasteiger partial charge in [-0.05, 0) is 113 Å². The summed E-state index contributed by atoms with van der Waals surface area (Å²) < 4.78 is 0. The second-order valence-electron chi connectivity index (χ2n) is 30.0. The number of carboxylic acids is 1. The van der Waals surface area contributed by atoms with Gasteiger partial charge in [0.15, 0.2) is 5.96 Å². The summed E-state index contributed by atoms with van der Waals surface area (Å²) in [6.45, 7) is 15.3. The average Bonchev–Trinajstić information content (AvgIpc) is 1.73. The Morgan fingerprint density at radius 2 is 0.930 bits per heavy atom. The van der Waals surface area contributed by atoms with Crippen LogP contribution in [0.4, 0.5) is 0 Å². The third-order valence-corrected chi connectivity index (χ3v) is 18.9. The number of hydrogen-bond donors (Lipinski definition) is 20. The first-order valence-corrected chi connectivity index (χ1v) is 38.6. The Morgan fingerprint density at radius 1 is 0.487 bits per heavy atom. The lowest BCUT2D eigenvalue weighted by atomic mass is 9.96. The van der Waals surface area contributed by atoms with E-state index < -0.39 is 235 Å². The summed E-state index contributed by atoms with van der Waals surface area (Å²) in [4.78, 5) is 236. The molecule has 115 heavy (non-hydrogen) atoms. The van der Waals surface area contributed by atoms with Crippen LogP contribution in [-0.2, 0) is 94.3 Å². The van der Waals surface area contributed by atoms with Crippen molar-refractivity contribution in [3.8, 4) is 0 Å². The van der Waals surface area contributed by atoms with Crippen LogP contribution in [0.2, 0.25) is 0 Å². The first-order valence-electron chi connectivity index (χ1n) is 38.6. The second-order valence-corrected chi connectivity index (χ2v) is 30.0. The number of likely N-dealkylation sites (tertiary alicyclic amines) is 1. The number of guanidine groups is 1. The van der Waals surface area contributed by atoms with Crippen LogP contribution in [0.1, 0.15) is 164 Å². The molecule has 1 fully saturated rings. The number of amides is 16. The van der Waals surface area contributed by atoms with E-state index in [2.05, 4.69) is 68.8 Å². The summed E-state index contributed by atoms with van der Waals surface area (Å²) >= 11 is 0. The highest BCUT2D eigenvalue weighted by atomic mass is 16.4. The largest absolute Gasteiger partial charge is 0.481 e. The maximum Gasteiger partial charge on any atom is 0.303 e. The zero-order chi connectivity index (χ0) is 86.5. The molecule has 0 aliphatic carbocycles. The number of carboxylic acid groups (broad SMARTS) is 1. The Hall–Kier alpha value is -11.4. The Labute approximate surface area is 668 Å². The van der Waals surface area contributed by atoms with Gasteiger partial charge in [0.05, 0.1) is 18.7 Å². The molecule has 0 unspecified atom stereocenters. The van der Waals surface area contributed by atoms with Gasteiger partial charge in [0.25, 0.3) is 0 Å². The SMILES string of the molecule is CC[C@H](C)[C@H](NC(=O)[C@@H]1CCCN1C(=O)[C@@H](NC(=O)[C@@H](N)Cc1ccccc1)C(C)C)C(=O)N[C@@H](Cc1ccccc1)C(=O)N[C@H](C(=O)N[C@@H](C)C(=O)NCC(=O)N[C@@H](CCC(=O)O)C(=O)N[C@@H](CC(C)C)C(=O)N[C@@H](CCC(N)=O)C(=O)N[C@@H](CCCN=C(N)N)C(=O)N[C@@H](CC(C)C)C(=O)N[C@@H](CCC(N)=O)C(N)=O)[C@@H](C)O. The van der Waals surface area contributed by atoms with Gasteiger partial charge in [-0.3, -0.25) is 86.5 Å². The van der Waals surface area contributed by atoms with Gasteiger partial charge in [0, 0.05) is 38.8 Å². The van der Waals surface area contributed by atoms with Gasteiger partial charge in [-0.1, -0.05) is 122 Å². The van der Waals surface area contributed by atoms with Crippen molar-refractivity contribution in [3.63, 3.8) is 0 Å². The number of aliphatic hydroxyl groups excluding tert-OH is 1. The highest BCUT2D eigenvalue weighted by Crippen LogP contribution is 2.23. The molecule has 2 aromatic carbocycles. The number of rotatable bonds is 51. The van der Waals surface area contributed by atoms with Gasteiger partial charge in [-0.2, -0.15) is 0 Å². The minimum atomic E-state index is -1.81. The van der Waals surface area contributed by atoms with E-state index in [1.54, 1.807) is 85.7 Å². The zero-order valence-corrected chi connectivity index (χ0v) is 67.1. The molecule has 39 nitrogen and oxygen atoms in total. The second kappa shape index (κ2) is 49.3. The molecule has 0 spiro atoms. The van der Waals surface area contributed by atoms with E-state index in [1.165, 1.54) is 11.8 Å². The van der Waals surface area contributed by atoms with Crippen LogP contribution in [0, 0.1) is 23.7 Å². The first-order chi connectivity index (χ1) is 54.0. The maximum atomic E-state index is 14.6. The first kappa shape index (κ1) is 97.8. The summed E-state index contributed by atoms with van der Waals surface area (Å²) in [5.41, 5.74) is 34.8. The molecule has 1 heterocycles. The number of aliphatic hydroxyl groups is 1. The average molecular weight is 1620 g/mol. The summed E-state index contributed by atoms with van der Waals surface area (Å²) in [6.07, 6.45) is -3.86. The number of nitrogens with two attached hydrogens (primary N) is 6. The monoisotopic (exact) mass is 1620 g/mol. The predicted octanol–water partition coefficient (Wildman–Crippen LogP) is -4.63. The van der Waals surface area contributed by atoms with Crippen LogP contribution in [0.25, 0.3) is 0 Å². The van der Waals surface area contributed by atoms with Crippen molar-refractivity contribution in [2.24, 2.45) is 63.1 Å². The van der Waals surface area contributed by atoms with Gasteiger partial charge in [0.1, 0.15) is 72.5 Å². The van der Waals surface area contributed by atoms with E-state index in [0.717, 1.165) is 12.5 Å². The summed E-state index contributed by atoms with van der Waals surface area (Å²) in [5.74, 6) is -17.9. The van der Waals surface area contributed by atoms with Crippen molar-refractivity contribution in [1.29, 1.82) is 0 Å². The molecular formula is C76H120N20O19.